The summed E-state index contributed by atoms with van der Waals surface area (Å²) in [6, 6.07) is 0. The topological polar surface area (TPSA) is 18.5 Å². The maximum Gasteiger partial charge on any atom is 0.0578 e. The van der Waals surface area contributed by atoms with Gasteiger partial charge in [-0.05, 0) is 25.2 Å². The van der Waals surface area contributed by atoms with Crippen LogP contribution in [0.1, 0.15) is 19.3 Å². The van der Waals surface area contributed by atoms with Crippen LogP contribution in [-0.4, -0.2) is 27.4 Å². The molecule has 0 saturated heterocycles. The van der Waals surface area contributed by atoms with Crippen LogP contribution in [0.25, 0.3) is 0 Å². The van der Waals surface area contributed by atoms with Crippen molar-refractivity contribution in [3.05, 3.63) is 11.6 Å². The van der Waals surface area contributed by atoms with E-state index in [9.17, 15) is 0 Å². The number of ether oxygens (including phenoxy) is 2. The van der Waals surface area contributed by atoms with Crippen molar-refractivity contribution in [2.45, 2.75) is 19.3 Å². The molecule has 0 radical (unpaired) electrons. The highest BCUT2D eigenvalue weighted by atomic mass is 16.5. The third-order valence-corrected chi connectivity index (χ3v) is 3.41. The molecule has 0 spiro atoms. The number of allylic oxidation sites excluding steroid dienone is 1. The molecule has 2 aliphatic rings. The van der Waals surface area contributed by atoms with E-state index in [0.717, 1.165) is 19.1 Å². The number of hydrogen-bond donors (Lipinski definition) is 0. The Bertz CT molecular complexity index is 214. The summed E-state index contributed by atoms with van der Waals surface area (Å²) in [4.78, 5) is 0. The van der Waals surface area contributed by atoms with Gasteiger partial charge in [0.2, 0.25) is 0 Å². The van der Waals surface area contributed by atoms with Crippen LogP contribution in [0.4, 0.5) is 0 Å². The molecule has 2 aliphatic carbocycles. The lowest BCUT2D eigenvalue weighted by Gasteiger charge is -2.31. The number of hydrogen-bond acceptors (Lipinski definition) is 2. The van der Waals surface area contributed by atoms with Crippen LogP contribution >= 0.6 is 0 Å². The second-order valence-corrected chi connectivity index (χ2v) is 4.39. The number of rotatable bonds is 4. The molecule has 0 amide bonds. The second-order valence-electron chi connectivity index (χ2n) is 4.39. The maximum absolute atomic E-state index is 5.31. The lowest BCUT2D eigenvalue weighted by molar-refractivity contribution is 0.0308. The zero-order chi connectivity index (χ0) is 9.31. The van der Waals surface area contributed by atoms with Crippen molar-refractivity contribution >= 4 is 0 Å². The van der Waals surface area contributed by atoms with E-state index in [4.69, 9.17) is 9.47 Å². The molecule has 1 saturated carbocycles. The van der Waals surface area contributed by atoms with Crippen molar-refractivity contribution in [1.82, 2.24) is 0 Å². The average molecular weight is 182 g/mol. The molecule has 13 heavy (non-hydrogen) atoms. The Morgan fingerprint density at radius 2 is 2.08 bits per heavy atom. The van der Waals surface area contributed by atoms with Crippen molar-refractivity contribution < 1.29 is 9.47 Å². The standard InChI is InChI=1S/C11H18O2/c1-12-7-11(8-13-2)6-9-3-4-10(11)5-9/h4,9H,3,5-8H2,1-2H3. The van der Waals surface area contributed by atoms with Crippen LogP contribution in [0.15, 0.2) is 11.6 Å². The molecule has 1 unspecified atom stereocenters. The summed E-state index contributed by atoms with van der Waals surface area (Å²) in [7, 11) is 3.56. The van der Waals surface area contributed by atoms with E-state index in [1.165, 1.54) is 19.3 Å². The maximum atomic E-state index is 5.31. The Labute approximate surface area is 79.9 Å². The summed E-state index contributed by atoms with van der Waals surface area (Å²) in [6.07, 6.45) is 6.23. The summed E-state index contributed by atoms with van der Waals surface area (Å²) in [6.45, 7) is 1.65. The Kier molecular flexibility index (Phi) is 2.43. The van der Waals surface area contributed by atoms with Gasteiger partial charge in [0, 0.05) is 19.6 Å². The van der Waals surface area contributed by atoms with Gasteiger partial charge in [0.25, 0.3) is 0 Å². The van der Waals surface area contributed by atoms with Gasteiger partial charge in [-0.2, -0.15) is 0 Å². The first kappa shape index (κ1) is 9.22. The van der Waals surface area contributed by atoms with E-state index in [1.54, 1.807) is 19.8 Å². The second kappa shape index (κ2) is 3.43. The predicted octanol–water partition coefficient (Wildman–Crippen LogP) is 2.01. The smallest absolute Gasteiger partial charge is 0.0578 e. The van der Waals surface area contributed by atoms with Crippen LogP contribution in [0.2, 0.25) is 0 Å². The van der Waals surface area contributed by atoms with Crippen LogP contribution in [0.3, 0.4) is 0 Å². The Morgan fingerprint density at radius 3 is 2.46 bits per heavy atom. The molecule has 74 valence electrons. The van der Waals surface area contributed by atoms with Gasteiger partial charge >= 0.3 is 0 Å². The van der Waals surface area contributed by atoms with E-state index in [0.29, 0.717) is 0 Å². The molecule has 2 bridgehead atoms. The van der Waals surface area contributed by atoms with Crippen molar-refractivity contribution in [3.8, 4) is 0 Å². The Balaban J connectivity index is 2.14. The highest BCUT2D eigenvalue weighted by molar-refractivity contribution is 5.27. The highest BCUT2D eigenvalue weighted by Crippen LogP contribution is 2.52. The first-order chi connectivity index (χ1) is 6.30. The molecule has 2 nitrogen and oxygen atoms in total. The van der Waals surface area contributed by atoms with Crippen LogP contribution in [-0.2, 0) is 9.47 Å². The molecular formula is C11H18O2. The summed E-state index contributed by atoms with van der Waals surface area (Å²) in [5, 5.41) is 0. The fraction of sp³-hybridized carbons (Fsp3) is 0.818. The van der Waals surface area contributed by atoms with Gasteiger partial charge < -0.3 is 9.47 Å². The van der Waals surface area contributed by atoms with Crippen LogP contribution < -0.4 is 0 Å². The first-order valence-corrected chi connectivity index (χ1v) is 4.98. The van der Waals surface area contributed by atoms with Crippen molar-refractivity contribution in [2.24, 2.45) is 11.3 Å². The molecule has 1 fully saturated rings. The molecule has 0 aromatic carbocycles. The zero-order valence-corrected chi connectivity index (χ0v) is 8.51. The van der Waals surface area contributed by atoms with Gasteiger partial charge in [-0.3, -0.25) is 0 Å². The lowest BCUT2D eigenvalue weighted by Crippen LogP contribution is -2.31. The van der Waals surface area contributed by atoms with E-state index in [2.05, 4.69) is 6.08 Å². The zero-order valence-electron chi connectivity index (χ0n) is 8.51. The largest absolute Gasteiger partial charge is 0.384 e. The van der Waals surface area contributed by atoms with Crippen molar-refractivity contribution in [3.63, 3.8) is 0 Å². The molecule has 0 N–H and O–H groups in total. The number of fused-ring (bicyclic) bond motifs is 2. The van der Waals surface area contributed by atoms with Crippen molar-refractivity contribution in [1.29, 1.82) is 0 Å². The highest BCUT2D eigenvalue weighted by Gasteiger charge is 2.45. The third kappa shape index (κ3) is 1.42. The van der Waals surface area contributed by atoms with E-state index < -0.39 is 0 Å². The van der Waals surface area contributed by atoms with Gasteiger partial charge in [0.05, 0.1) is 13.2 Å². The minimum Gasteiger partial charge on any atom is -0.384 e. The fourth-order valence-electron chi connectivity index (χ4n) is 2.96. The minimum absolute atomic E-state index is 0.229. The van der Waals surface area contributed by atoms with Gasteiger partial charge in [-0.25, -0.2) is 0 Å². The monoisotopic (exact) mass is 182 g/mol. The van der Waals surface area contributed by atoms with E-state index >= 15 is 0 Å². The Hall–Kier alpha value is -0.340. The Morgan fingerprint density at radius 1 is 1.38 bits per heavy atom. The van der Waals surface area contributed by atoms with Crippen molar-refractivity contribution in [2.75, 3.05) is 27.4 Å². The number of methoxy groups -OCH3 is 2. The summed E-state index contributed by atoms with van der Waals surface area (Å²) < 4.78 is 10.6. The fourth-order valence-corrected chi connectivity index (χ4v) is 2.96. The van der Waals surface area contributed by atoms with Gasteiger partial charge in [0.15, 0.2) is 0 Å². The minimum atomic E-state index is 0.229. The first-order valence-electron chi connectivity index (χ1n) is 4.98. The summed E-state index contributed by atoms with van der Waals surface area (Å²) >= 11 is 0. The molecule has 0 aromatic heterocycles. The third-order valence-electron chi connectivity index (χ3n) is 3.41. The quantitative estimate of drug-likeness (QED) is 0.619. The molecule has 0 aliphatic heterocycles. The van der Waals surface area contributed by atoms with E-state index in [1.807, 2.05) is 0 Å². The molecule has 0 heterocycles. The van der Waals surface area contributed by atoms with E-state index in [-0.39, 0.29) is 5.41 Å². The molecule has 2 rings (SSSR count). The van der Waals surface area contributed by atoms with Gasteiger partial charge in [-0.1, -0.05) is 11.6 Å². The molecule has 1 atom stereocenters. The molecule has 0 aromatic rings. The lowest BCUT2D eigenvalue weighted by atomic mass is 9.80. The van der Waals surface area contributed by atoms with Gasteiger partial charge in [-0.15, -0.1) is 0 Å². The van der Waals surface area contributed by atoms with Crippen LogP contribution in [0.5, 0.6) is 0 Å². The summed E-state index contributed by atoms with van der Waals surface area (Å²) in [5.41, 5.74) is 1.81. The SMILES string of the molecule is COCC1(COC)CC2CC=C1C2. The van der Waals surface area contributed by atoms with Gasteiger partial charge in [0.1, 0.15) is 0 Å². The normalized spacial score (nSPS) is 29.4. The van der Waals surface area contributed by atoms with Crippen LogP contribution in [0, 0.1) is 11.3 Å². The predicted molar refractivity (Wildman–Crippen MR) is 51.6 cm³/mol. The molecular weight excluding hydrogens is 164 g/mol. The summed E-state index contributed by atoms with van der Waals surface area (Å²) in [5.74, 6) is 0.875. The molecule has 2 heteroatoms. The average Bonchev–Trinajstić information content (AvgIpc) is 2.64.